The summed E-state index contributed by atoms with van der Waals surface area (Å²) in [5, 5.41) is 13.4. The van der Waals surface area contributed by atoms with E-state index in [1.807, 2.05) is 35.4 Å². The van der Waals surface area contributed by atoms with Crippen LogP contribution in [-0.4, -0.2) is 23.5 Å². The smallest absolute Gasteiger partial charge is 0.204 e. The molecule has 5 nitrogen and oxygen atoms in total. The van der Waals surface area contributed by atoms with Crippen molar-refractivity contribution in [3.63, 3.8) is 0 Å². The van der Waals surface area contributed by atoms with Gasteiger partial charge in [0.25, 0.3) is 0 Å². The molecule has 2 aromatic carbocycles. The van der Waals surface area contributed by atoms with Crippen molar-refractivity contribution in [2.45, 2.75) is 25.8 Å². The minimum absolute atomic E-state index is 0.0788. The summed E-state index contributed by atoms with van der Waals surface area (Å²) in [6, 6.07) is 18.8. The van der Waals surface area contributed by atoms with E-state index >= 15 is 0 Å². The van der Waals surface area contributed by atoms with Gasteiger partial charge >= 0.3 is 0 Å². The number of nitrogens with zero attached hydrogens (tertiary/aromatic N) is 4. The van der Waals surface area contributed by atoms with Gasteiger partial charge in [-0.05, 0) is 37.1 Å². The molecule has 0 amide bonds. The Morgan fingerprint density at radius 3 is 2.82 bits per heavy atom. The number of aromatic nitrogens is 1. The maximum atomic E-state index is 9.27. The number of nitriles is 1. The van der Waals surface area contributed by atoms with Gasteiger partial charge in [0.2, 0.25) is 5.96 Å². The zero-order valence-electron chi connectivity index (χ0n) is 15.7. The van der Waals surface area contributed by atoms with E-state index in [1.54, 1.807) is 11.3 Å². The van der Waals surface area contributed by atoms with Crippen LogP contribution in [0, 0.1) is 18.3 Å². The van der Waals surface area contributed by atoms with Gasteiger partial charge in [0, 0.05) is 12.7 Å². The van der Waals surface area contributed by atoms with Crippen molar-refractivity contribution < 1.29 is 0 Å². The molecule has 1 N–H and O–H groups in total. The van der Waals surface area contributed by atoms with E-state index in [1.165, 1.54) is 11.1 Å². The Morgan fingerprint density at radius 2 is 2.04 bits per heavy atom. The molecule has 2 heterocycles. The second-order valence-corrected chi connectivity index (χ2v) is 7.72. The molecule has 4 rings (SSSR count). The highest BCUT2D eigenvalue weighted by atomic mass is 32.1. The molecule has 1 aliphatic heterocycles. The Bertz CT molecular complexity index is 1030. The number of hydrogen-bond donors (Lipinski definition) is 1. The maximum absolute atomic E-state index is 9.27. The number of para-hydroxylation sites is 1. The molecule has 1 atom stereocenters. The molecular formula is C22H21N5S. The Balaban J connectivity index is 1.60. The Morgan fingerprint density at radius 1 is 1.21 bits per heavy atom. The van der Waals surface area contributed by atoms with Gasteiger partial charge < -0.3 is 5.32 Å². The van der Waals surface area contributed by atoms with Gasteiger partial charge in [-0.1, -0.05) is 53.3 Å². The molecule has 0 bridgehead atoms. The van der Waals surface area contributed by atoms with Gasteiger partial charge in [-0.2, -0.15) is 5.26 Å². The van der Waals surface area contributed by atoms with Crippen LogP contribution in [0.2, 0.25) is 0 Å². The third kappa shape index (κ3) is 3.90. The second-order valence-electron chi connectivity index (χ2n) is 6.71. The Hall–Kier alpha value is -3.17. The zero-order valence-corrected chi connectivity index (χ0v) is 16.5. The van der Waals surface area contributed by atoms with Crippen LogP contribution in [-0.2, 0) is 6.42 Å². The van der Waals surface area contributed by atoms with Crippen LogP contribution in [0.4, 0.5) is 5.13 Å². The first kappa shape index (κ1) is 18.2. The Kier molecular flexibility index (Phi) is 5.36. The number of aryl methyl sites for hydroxylation is 1. The molecule has 1 aromatic heterocycles. The summed E-state index contributed by atoms with van der Waals surface area (Å²) in [5.41, 5.74) is 3.49. The summed E-state index contributed by atoms with van der Waals surface area (Å²) in [7, 11) is 0. The van der Waals surface area contributed by atoms with E-state index in [0.717, 1.165) is 27.7 Å². The normalized spacial score (nSPS) is 17.6. The molecule has 0 fully saturated rings. The quantitative estimate of drug-likeness (QED) is 0.704. The van der Waals surface area contributed by atoms with E-state index in [2.05, 4.69) is 48.6 Å². The topological polar surface area (TPSA) is 64.3 Å². The number of aliphatic imine (C=N–C) groups is 1. The maximum Gasteiger partial charge on any atom is 0.204 e. The molecule has 1 aliphatic rings. The van der Waals surface area contributed by atoms with Crippen molar-refractivity contribution in [1.82, 2.24) is 10.3 Å². The molecule has 140 valence electrons. The number of hydrogen-bond acceptors (Lipinski definition) is 4. The molecule has 3 aromatic rings. The highest BCUT2D eigenvalue weighted by molar-refractivity contribution is 7.22. The van der Waals surface area contributed by atoms with E-state index in [4.69, 9.17) is 9.98 Å². The fourth-order valence-electron chi connectivity index (χ4n) is 3.16. The number of thiazole rings is 1. The van der Waals surface area contributed by atoms with E-state index in [9.17, 15) is 5.26 Å². The zero-order chi connectivity index (χ0) is 19.3. The van der Waals surface area contributed by atoms with Crippen LogP contribution < -0.4 is 10.2 Å². The van der Waals surface area contributed by atoms with Gasteiger partial charge in [0.1, 0.15) is 0 Å². The molecule has 28 heavy (non-hydrogen) atoms. The minimum Gasteiger partial charge on any atom is -0.333 e. The fourth-order valence-corrected chi connectivity index (χ4v) is 4.19. The standard InChI is InChI=1S/C22H21N5S/c1-16-6-8-17(9-7-16)11-14-24-21-25-15-12-18(10-13-23)27(21)22-26-19-4-2-3-5-20(19)28-22/h2-9,12,15,18H,10-11,14H2,1H3,(H,24,25). The highest BCUT2D eigenvalue weighted by Crippen LogP contribution is 2.31. The minimum atomic E-state index is -0.0788. The third-order valence-electron chi connectivity index (χ3n) is 4.66. The predicted molar refractivity (Wildman–Crippen MR) is 116 cm³/mol. The molecule has 1 unspecified atom stereocenters. The summed E-state index contributed by atoms with van der Waals surface area (Å²) in [4.78, 5) is 11.6. The molecule has 6 heteroatoms. The van der Waals surface area contributed by atoms with Crippen LogP contribution in [0.3, 0.4) is 0 Å². The monoisotopic (exact) mass is 387 g/mol. The van der Waals surface area contributed by atoms with Crippen LogP contribution in [0.5, 0.6) is 0 Å². The Labute approximate surface area is 168 Å². The van der Waals surface area contributed by atoms with Crippen LogP contribution in [0.25, 0.3) is 10.2 Å². The van der Waals surface area contributed by atoms with Gasteiger partial charge in [-0.3, -0.25) is 9.89 Å². The largest absolute Gasteiger partial charge is 0.333 e. The van der Waals surface area contributed by atoms with Gasteiger partial charge in [0.05, 0.1) is 28.7 Å². The first-order valence-corrected chi connectivity index (χ1v) is 10.1. The van der Waals surface area contributed by atoms with Gasteiger partial charge in [0.15, 0.2) is 5.13 Å². The number of nitrogens with one attached hydrogen (secondary N) is 1. The summed E-state index contributed by atoms with van der Waals surface area (Å²) in [6.07, 6.45) is 5.11. The van der Waals surface area contributed by atoms with Crippen molar-refractivity contribution in [3.8, 4) is 6.07 Å². The van der Waals surface area contributed by atoms with Crippen molar-refractivity contribution in [3.05, 3.63) is 71.9 Å². The highest BCUT2D eigenvalue weighted by Gasteiger charge is 2.27. The lowest BCUT2D eigenvalue weighted by molar-refractivity contribution is 0.769. The summed E-state index contributed by atoms with van der Waals surface area (Å²) >= 11 is 1.62. The van der Waals surface area contributed by atoms with Crippen molar-refractivity contribution in [1.29, 1.82) is 5.26 Å². The predicted octanol–water partition coefficient (Wildman–Crippen LogP) is 4.41. The second kappa shape index (κ2) is 8.24. The SMILES string of the molecule is Cc1ccc(CCN=C2NC=CC(CC#N)N2c2nc3ccccc3s2)cc1. The number of benzene rings is 2. The van der Waals surface area contributed by atoms with E-state index in [0.29, 0.717) is 13.0 Å². The first-order chi connectivity index (χ1) is 13.7. The number of fused-ring (bicyclic) bond motifs is 1. The number of anilines is 1. The lowest BCUT2D eigenvalue weighted by Crippen LogP contribution is -2.48. The molecule has 0 saturated carbocycles. The first-order valence-electron chi connectivity index (χ1n) is 9.29. The molecule has 0 saturated heterocycles. The van der Waals surface area contributed by atoms with Gasteiger partial charge in [-0.25, -0.2) is 4.98 Å². The molecule has 0 aliphatic carbocycles. The van der Waals surface area contributed by atoms with Gasteiger partial charge in [-0.15, -0.1) is 0 Å². The molecule has 0 radical (unpaired) electrons. The van der Waals surface area contributed by atoms with E-state index < -0.39 is 0 Å². The summed E-state index contributed by atoms with van der Waals surface area (Å²) < 4.78 is 1.13. The third-order valence-corrected chi connectivity index (χ3v) is 5.70. The number of guanidine groups is 1. The summed E-state index contributed by atoms with van der Waals surface area (Å²) in [6.45, 7) is 2.76. The summed E-state index contributed by atoms with van der Waals surface area (Å²) in [5.74, 6) is 0.744. The lowest BCUT2D eigenvalue weighted by Gasteiger charge is -2.32. The molecular weight excluding hydrogens is 366 g/mol. The van der Waals surface area contributed by atoms with Crippen molar-refractivity contribution in [2.75, 3.05) is 11.4 Å². The average molecular weight is 388 g/mol. The van der Waals surface area contributed by atoms with Crippen LogP contribution in [0.1, 0.15) is 17.5 Å². The van der Waals surface area contributed by atoms with Crippen molar-refractivity contribution in [2.24, 2.45) is 4.99 Å². The van der Waals surface area contributed by atoms with E-state index in [-0.39, 0.29) is 6.04 Å². The van der Waals surface area contributed by atoms with Crippen molar-refractivity contribution >= 4 is 32.6 Å². The average Bonchev–Trinajstić information content (AvgIpc) is 3.13. The fraction of sp³-hybridized carbons (Fsp3) is 0.227. The number of rotatable bonds is 5. The van der Waals surface area contributed by atoms with Crippen LogP contribution >= 0.6 is 11.3 Å². The van der Waals surface area contributed by atoms with Crippen LogP contribution in [0.15, 0.2) is 65.8 Å². The lowest BCUT2D eigenvalue weighted by atomic mass is 10.1. The molecule has 0 spiro atoms.